The van der Waals surface area contributed by atoms with Crippen LogP contribution < -0.4 is 5.11 Å². The van der Waals surface area contributed by atoms with Gasteiger partial charge in [0, 0.05) is 13.5 Å². The molecule has 1 atom stereocenters. The van der Waals surface area contributed by atoms with Gasteiger partial charge in [0.15, 0.2) is 0 Å². The van der Waals surface area contributed by atoms with Crippen molar-refractivity contribution in [3.63, 3.8) is 0 Å². The summed E-state index contributed by atoms with van der Waals surface area (Å²) in [6.45, 7) is 0. The number of aliphatic carboxylic acids is 1. The van der Waals surface area contributed by atoms with E-state index in [-0.39, 0.29) is 6.42 Å². The van der Waals surface area contributed by atoms with E-state index in [2.05, 4.69) is 4.98 Å². The smallest absolute Gasteiger partial charge is 0.103 e. The van der Waals surface area contributed by atoms with Crippen LogP contribution in [0, 0.1) is 0 Å². The second-order valence-corrected chi connectivity index (χ2v) is 4.44. The minimum atomic E-state index is -1.21. The highest BCUT2D eigenvalue weighted by atomic mass is 32.1. The first-order valence-corrected chi connectivity index (χ1v) is 5.60. The van der Waals surface area contributed by atoms with Crippen LogP contribution in [-0.2, 0) is 16.0 Å². The molecule has 1 aromatic carbocycles. The molecule has 0 bridgehead atoms. The summed E-state index contributed by atoms with van der Waals surface area (Å²) in [5, 5.41) is 11.4. The first-order valence-electron chi connectivity index (χ1n) is 4.79. The highest BCUT2D eigenvalue weighted by molar-refractivity contribution is 7.18. The Bertz CT molecular complexity index is 476. The van der Waals surface area contributed by atoms with Crippen molar-refractivity contribution in [2.45, 2.75) is 12.5 Å². The molecule has 84 valence electrons. The van der Waals surface area contributed by atoms with E-state index in [4.69, 9.17) is 4.74 Å². The molecule has 5 heteroatoms. The molecule has 0 fully saturated rings. The topological polar surface area (TPSA) is 62.2 Å². The van der Waals surface area contributed by atoms with E-state index in [1.165, 1.54) is 18.4 Å². The molecule has 0 aliphatic carbocycles. The molecule has 2 aromatic rings. The molecular weight excluding hydrogens is 226 g/mol. The van der Waals surface area contributed by atoms with Crippen LogP contribution in [0.3, 0.4) is 0 Å². The molecule has 1 heterocycles. The molecule has 0 saturated heterocycles. The van der Waals surface area contributed by atoms with Gasteiger partial charge >= 0.3 is 0 Å². The third-order valence-corrected chi connectivity index (χ3v) is 3.30. The van der Waals surface area contributed by atoms with Crippen LogP contribution >= 0.6 is 11.3 Å². The molecule has 0 spiro atoms. The van der Waals surface area contributed by atoms with Crippen molar-refractivity contribution in [3.8, 4) is 0 Å². The standard InChI is InChI=1S/C11H11NO3S/c1-15-8(11(13)14)6-10-12-7-4-2-3-5-9(7)16-10/h2-5,8H,6H2,1H3,(H,13,14)/p-1/t8-/m1/s1. The largest absolute Gasteiger partial charge is 0.547 e. The Labute approximate surface area is 96.5 Å². The molecule has 0 unspecified atom stereocenters. The lowest BCUT2D eigenvalue weighted by Gasteiger charge is -2.13. The van der Waals surface area contributed by atoms with E-state index in [0.717, 1.165) is 15.2 Å². The highest BCUT2D eigenvalue weighted by Gasteiger charge is 2.12. The Morgan fingerprint density at radius 2 is 2.31 bits per heavy atom. The molecule has 1 aromatic heterocycles. The van der Waals surface area contributed by atoms with Crippen molar-refractivity contribution in [2.24, 2.45) is 0 Å². The molecule has 4 nitrogen and oxygen atoms in total. The van der Waals surface area contributed by atoms with Crippen LogP contribution in [-0.4, -0.2) is 24.2 Å². The number of hydrogen-bond acceptors (Lipinski definition) is 5. The lowest BCUT2D eigenvalue weighted by Crippen LogP contribution is -2.38. The number of para-hydroxylation sites is 1. The van der Waals surface area contributed by atoms with Crippen LogP contribution in [0.25, 0.3) is 10.2 Å². The fourth-order valence-corrected chi connectivity index (χ4v) is 2.43. The number of aromatic nitrogens is 1. The maximum absolute atomic E-state index is 10.7. The zero-order chi connectivity index (χ0) is 11.5. The van der Waals surface area contributed by atoms with E-state index >= 15 is 0 Å². The van der Waals surface area contributed by atoms with E-state index in [1.54, 1.807) is 0 Å². The van der Waals surface area contributed by atoms with Crippen LogP contribution in [0.1, 0.15) is 5.01 Å². The van der Waals surface area contributed by atoms with Gasteiger partial charge in [0.2, 0.25) is 0 Å². The highest BCUT2D eigenvalue weighted by Crippen LogP contribution is 2.22. The molecule has 16 heavy (non-hydrogen) atoms. The third kappa shape index (κ3) is 2.20. The van der Waals surface area contributed by atoms with E-state index in [9.17, 15) is 9.90 Å². The van der Waals surface area contributed by atoms with Crippen molar-refractivity contribution in [1.29, 1.82) is 0 Å². The minimum Gasteiger partial charge on any atom is -0.547 e. The number of hydrogen-bond donors (Lipinski definition) is 0. The maximum Gasteiger partial charge on any atom is 0.103 e. The van der Waals surface area contributed by atoms with Crippen LogP contribution in [0.15, 0.2) is 24.3 Å². The molecule has 0 aliphatic rings. The van der Waals surface area contributed by atoms with Gasteiger partial charge in [-0.3, -0.25) is 0 Å². The van der Waals surface area contributed by atoms with Crippen molar-refractivity contribution in [2.75, 3.05) is 7.11 Å². The monoisotopic (exact) mass is 236 g/mol. The van der Waals surface area contributed by atoms with Crippen molar-refractivity contribution in [1.82, 2.24) is 4.98 Å². The second kappa shape index (κ2) is 4.59. The van der Waals surface area contributed by atoms with Gasteiger partial charge in [-0.1, -0.05) is 12.1 Å². The summed E-state index contributed by atoms with van der Waals surface area (Å²) in [5.41, 5.74) is 0.885. The summed E-state index contributed by atoms with van der Waals surface area (Å²) in [6, 6.07) is 7.68. The van der Waals surface area contributed by atoms with Gasteiger partial charge in [-0.05, 0) is 12.1 Å². The number of thiazole rings is 1. The number of ether oxygens (including phenoxy) is 1. The van der Waals surface area contributed by atoms with Gasteiger partial charge in [-0.2, -0.15) is 0 Å². The molecule has 0 aliphatic heterocycles. The number of carboxylic acid groups (broad SMARTS) is 1. The predicted octanol–water partition coefficient (Wildman–Crippen LogP) is 0.604. The lowest BCUT2D eigenvalue weighted by atomic mass is 10.2. The molecular formula is C11H10NO3S-. The number of carbonyl (C=O) groups is 1. The summed E-state index contributed by atoms with van der Waals surface area (Å²) in [7, 11) is 1.35. The number of nitrogens with zero attached hydrogens (tertiary/aromatic N) is 1. The maximum atomic E-state index is 10.7. The fourth-order valence-electron chi connectivity index (χ4n) is 1.43. The average molecular weight is 236 g/mol. The van der Waals surface area contributed by atoms with Gasteiger partial charge in [-0.25, -0.2) is 4.98 Å². The molecule has 2 rings (SSSR count). The molecule has 0 N–H and O–H groups in total. The Kier molecular flexibility index (Phi) is 3.17. The summed E-state index contributed by atoms with van der Waals surface area (Å²) in [6.07, 6.45) is -0.682. The van der Waals surface area contributed by atoms with E-state index < -0.39 is 12.1 Å². The zero-order valence-corrected chi connectivity index (χ0v) is 9.49. The van der Waals surface area contributed by atoms with Crippen molar-refractivity contribution >= 4 is 27.5 Å². The van der Waals surface area contributed by atoms with E-state index in [1.807, 2.05) is 24.3 Å². The van der Waals surface area contributed by atoms with Gasteiger partial charge in [-0.15, -0.1) is 11.3 Å². The first-order chi connectivity index (χ1) is 7.70. The number of fused-ring (bicyclic) bond motifs is 1. The number of methoxy groups -OCH3 is 1. The number of benzene rings is 1. The van der Waals surface area contributed by atoms with Gasteiger partial charge in [0.1, 0.15) is 6.10 Å². The Hall–Kier alpha value is -1.46. The lowest BCUT2D eigenvalue weighted by molar-refractivity contribution is -0.315. The predicted molar refractivity (Wildman–Crippen MR) is 59.1 cm³/mol. The van der Waals surface area contributed by atoms with Crippen molar-refractivity contribution < 1.29 is 14.6 Å². The van der Waals surface area contributed by atoms with Crippen LogP contribution in [0.2, 0.25) is 0 Å². The molecule has 0 saturated carbocycles. The van der Waals surface area contributed by atoms with Gasteiger partial charge < -0.3 is 14.6 Å². The molecule has 0 amide bonds. The summed E-state index contributed by atoms with van der Waals surface area (Å²) in [4.78, 5) is 15.0. The van der Waals surface area contributed by atoms with Crippen LogP contribution in [0.5, 0.6) is 0 Å². The normalized spacial score (nSPS) is 12.8. The summed E-state index contributed by atoms with van der Waals surface area (Å²) < 4.78 is 5.86. The minimum absolute atomic E-state index is 0.248. The summed E-state index contributed by atoms with van der Waals surface area (Å²) >= 11 is 1.48. The summed E-state index contributed by atoms with van der Waals surface area (Å²) in [5.74, 6) is -1.21. The molecule has 0 radical (unpaired) electrons. The average Bonchev–Trinajstić information content (AvgIpc) is 2.67. The Morgan fingerprint density at radius 1 is 1.56 bits per heavy atom. The third-order valence-electron chi connectivity index (χ3n) is 2.25. The van der Waals surface area contributed by atoms with Gasteiger partial charge in [0.05, 0.1) is 21.2 Å². The fraction of sp³-hybridized carbons (Fsp3) is 0.273. The van der Waals surface area contributed by atoms with Crippen LogP contribution in [0.4, 0.5) is 0 Å². The van der Waals surface area contributed by atoms with E-state index in [0.29, 0.717) is 0 Å². The number of carboxylic acids is 1. The van der Waals surface area contributed by atoms with Crippen molar-refractivity contribution in [3.05, 3.63) is 29.3 Å². The van der Waals surface area contributed by atoms with Gasteiger partial charge in [0.25, 0.3) is 0 Å². The second-order valence-electron chi connectivity index (χ2n) is 3.32. The SMILES string of the molecule is CO[C@H](Cc1nc2ccccc2s1)C(=O)[O-]. The quantitative estimate of drug-likeness (QED) is 0.780. The Morgan fingerprint density at radius 3 is 2.94 bits per heavy atom. The number of rotatable bonds is 4. The zero-order valence-electron chi connectivity index (χ0n) is 8.67. The first kappa shape index (κ1) is 11.0. The Balaban J connectivity index is 2.24. The number of carbonyl (C=O) groups excluding carboxylic acids is 1.